The average Bonchev–Trinajstić information content (AvgIpc) is 2.37. The van der Waals surface area contributed by atoms with Gasteiger partial charge in [-0.05, 0) is 18.1 Å². The van der Waals surface area contributed by atoms with Crippen molar-refractivity contribution < 1.29 is 17.9 Å². The largest absolute Gasteiger partial charge is 0.495 e. The lowest BCUT2D eigenvalue weighted by Gasteiger charge is -2.13. The monoisotopic (exact) mass is 288 g/mol. The Balaban J connectivity index is 2.83. The van der Waals surface area contributed by atoms with Crippen molar-refractivity contribution >= 4 is 15.7 Å². The molecule has 0 heterocycles. The Hall–Kier alpha value is -1.31. The first kappa shape index (κ1) is 15.7. The second-order valence-electron chi connectivity index (χ2n) is 4.32. The topological polar surface area (TPSA) is 90.7 Å². The minimum absolute atomic E-state index is 0.0930. The molecule has 1 unspecified atom stereocenters. The molecule has 0 radical (unpaired) electrons. The molecule has 1 aromatic carbocycles. The summed E-state index contributed by atoms with van der Waals surface area (Å²) in [7, 11) is -0.544. The molecule has 0 amide bonds. The number of hydrogen-bond donors (Lipinski definition) is 2. The van der Waals surface area contributed by atoms with Crippen LogP contribution >= 0.6 is 0 Å². The maximum Gasteiger partial charge on any atom is 0.240 e. The Morgan fingerprint density at radius 2 is 2.05 bits per heavy atom. The number of methoxy groups -OCH3 is 2. The molecule has 7 heteroatoms. The molecule has 3 N–H and O–H groups in total. The quantitative estimate of drug-likeness (QED) is 0.725. The van der Waals surface area contributed by atoms with Crippen molar-refractivity contribution in [2.75, 3.05) is 33.1 Å². The van der Waals surface area contributed by atoms with Crippen LogP contribution in [0.3, 0.4) is 0 Å². The van der Waals surface area contributed by atoms with E-state index >= 15 is 0 Å². The van der Waals surface area contributed by atoms with Gasteiger partial charge in [0.2, 0.25) is 10.0 Å². The molecule has 1 rings (SSSR count). The van der Waals surface area contributed by atoms with E-state index in [0.717, 1.165) is 0 Å². The number of nitrogens with two attached hydrogens (primary N) is 1. The summed E-state index contributed by atoms with van der Waals surface area (Å²) in [4.78, 5) is 0.128. The van der Waals surface area contributed by atoms with Gasteiger partial charge in [-0.1, -0.05) is 6.92 Å². The Bertz CT molecular complexity index is 516. The van der Waals surface area contributed by atoms with Crippen molar-refractivity contribution in [2.24, 2.45) is 5.92 Å². The van der Waals surface area contributed by atoms with Crippen LogP contribution < -0.4 is 15.2 Å². The zero-order valence-corrected chi connectivity index (χ0v) is 12.2. The molecule has 0 fully saturated rings. The molecule has 0 aliphatic rings. The number of nitrogen functional groups attached to an aromatic ring is 1. The van der Waals surface area contributed by atoms with Gasteiger partial charge in [-0.3, -0.25) is 0 Å². The van der Waals surface area contributed by atoms with Crippen molar-refractivity contribution in [3.63, 3.8) is 0 Å². The van der Waals surface area contributed by atoms with E-state index in [1.165, 1.54) is 25.3 Å². The number of nitrogens with one attached hydrogen (secondary N) is 1. The number of ether oxygens (including phenoxy) is 2. The van der Waals surface area contributed by atoms with Crippen LogP contribution in [-0.4, -0.2) is 35.8 Å². The van der Waals surface area contributed by atoms with E-state index in [1.54, 1.807) is 7.11 Å². The fraction of sp³-hybridized carbons (Fsp3) is 0.500. The molecule has 0 aromatic heterocycles. The highest BCUT2D eigenvalue weighted by molar-refractivity contribution is 7.89. The van der Waals surface area contributed by atoms with Gasteiger partial charge in [0.25, 0.3) is 0 Å². The molecule has 0 aliphatic carbocycles. The second kappa shape index (κ2) is 6.74. The molecule has 0 aliphatic heterocycles. The van der Waals surface area contributed by atoms with Gasteiger partial charge in [-0.2, -0.15) is 0 Å². The summed E-state index contributed by atoms with van der Waals surface area (Å²) in [5, 5.41) is 0. The van der Waals surface area contributed by atoms with E-state index < -0.39 is 10.0 Å². The number of rotatable bonds is 7. The van der Waals surface area contributed by atoms with E-state index in [9.17, 15) is 8.42 Å². The first-order valence-corrected chi connectivity index (χ1v) is 7.31. The summed E-state index contributed by atoms with van der Waals surface area (Å²) >= 11 is 0. The first-order chi connectivity index (χ1) is 8.90. The molecule has 108 valence electrons. The van der Waals surface area contributed by atoms with E-state index in [4.69, 9.17) is 15.2 Å². The highest BCUT2D eigenvalue weighted by Gasteiger charge is 2.16. The number of hydrogen-bond acceptors (Lipinski definition) is 5. The predicted octanol–water partition coefficient (Wildman–Crippen LogP) is 0.838. The summed E-state index contributed by atoms with van der Waals surface area (Å²) in [6.45, 7) is 2.70. The Morgan fingerprint density at radius 3 is 2.63 bits per heavy atom. The summed E-state index contributed by atoms with van der Waals surface area (Å²) in [6, 6.07) is 4.35. The zero-order valence-electron chi connectivity index (χ0n) is 11.3. The number of benzene rings is 1. The third-order valence-electron chi connectivity index (χ3n) is 2.59. The van der Waals surface area contributed by atoms with Gasteiger partial charge < -0.3 is 15.2 Å². The Labute approximate surface area is 113 Å². The maximum atomic E-state index is 12.1. The van der Waals surface area contributed by atoms with Crippen LogP contribution in [0.4, 0.5) is 5.69 Å². The van der Waals surface area contributed by atoms with Crippen molar-refractivity contribution in [3.05, 3.63) is 18.2 Å². The van der Waals surface area contributed by atoms with E-state index in [2.05, 4.69) is 4.72 Å². The van der Waals surface area contributed by atoms with Gasteiger partial charge in [0.1, 0.15) is 5.75 Å². The summed E-state index contributed by atoms with van der Waals surface area (Å²) in [5.74, 6) is 0.434. The van der Waals surface area contributed by atoms with Crippen LogP contribution in [0, 0.1) is 5.92 Å². The van der Waals surface area contributed by atoms with Crippen LogP contribution in [0.25, 0.3) is 0 Å². The van der Waals surface area contributed by atoms with Crippen molar-refractivity contribution in [1.82, 2.24) is 4.72 Å². The van der Waals surface area contributed by atoms with Gasteiger partial charge in [0.15, 0.2) is 0 Å². The molecular weight excluding hydrogens is 268 g/mol. The zero-order chi connectivity index (χ0) is 14.5. The summed E-state index contributed by atoms with van der Waals surface area (Å²) < 4.78 is 36.6. The van der Waals surface area contributed by atoms with E-state index in [0.29, 0.717) is 24.6 Å². The fourth-order valence-corrected chi connectivity index (χ4v) is 2.72. The van der Waals surface area contributed by atoms with Crippen molar-refractivity contribution in [2.45, 2.75) is 11.8 Å². The van der Waals surface area contributed by atoms with Gasteiger partial charge in [0.05, 0.1) is 17.7 Å². The Morgan fingerprint density at radius 1 is 1.37 bits per heavy atom. The van der Waals surface area contributed by atoms with Crippen LogP contribution in [-0.2, 0) is 14.8 Å². The highest BCUT2D eigenvalue weighted by Crippen LogP contribution is 2.24. The van der Waals surface area contributed by atoms with Gasteiger partial charge >= 0.3 is 0 Å². The van der Waals surface area contributed by atoms with Crippen molar-refractivity contribution in [1.29, 1.82) is 0 Å². The molecular formula is C12H20N2O4S. The van der Waals surface area contributed by atoms with Gasteiger partial charge in [-0.15, -0.1) is 0 Å². The second-order valence-corrected chi connectivity index (χ2v) is 6.08. The number of sulfonamides is 1. The predicted molar refractivity (Wildman–Crippen MR) is 73.6 cm³/mol. The molecule has 0 spiro atoms. The lowest BCUT2D eigenvalue weighted by Crippen LogP contribution is -2.30. The van der Waals surface area contributed by atoms with Crippen LogP contribution in [0.5, 0.6) is 5.75 Å². The fourth-order valence-electron chi connectivity index (χ4n) is 1.54. The van der Waals surface area contributed by atoms with Crippen LogP contribution in [0.15, 0.2) is 23.1 Å². The molecule has 0 saturated carbocycles. The molecule has 1 atom stereocenters. The SMILES string of the molecule is COCC(C)CNS(=O)(=O)c1ccc(N)c(OC)c1. The lowest BCUT2D eigenvalue weighted by atomic mass is 10.2. The van der Waals surface area contributed by atoms with Gasteiger partial charge in [-0.25, -0.2) is 13.1 Å². The van der Waals surface area contributed by atoms with Crippen LogP contribution in [0.1, 0.15) is 6.92 Å². The van der Waals surface area contributed by atoms with E-state index in [1.807, 2.05) is 6.92 Å². The molecule has 6 nitrogen and oxygen atoms in total. The standard InChI is InChI=1S/C12H20N2O4S/c1-9(8-17-2)7-14-19(15,16)10-4-5-11(13)12(6-10)18-3/h4-6,9,14H,7-8,13H2,1-3H3. The molecule has 0 bridgehead atoms. The van der Waals surface area contributed by atoms with Crippen molar-refractivity contribution in [3.8, 4) is 5.75 Å². The average molecular weight is 288 g/mol. The van der Waals surface area contributed by atoms with Crippen LogP contribution in [0.2, 0.25) is 0 Å². The lowest BCUT2D eigenvalue weighted by molar-refractivity contribution is 0.161. The van der Waals surface area contributed by atoms with Gasteiger partial charge in [0, 0.05) is 26.3 Å². The minimum Gasteiger partial charge on any atom is -0.495 e. The first-order valence-electron chi connectivity index (χ1n) is 5.82. The number of anilines is 1. The normalized spacial score (nSPS) is 13.2. The summed E-state index contributed by atoms with van der Waals surface area (Å²) in [5.41, 5.74) is 6.05. The maximum absolute atomic E-state index is 12.1. The smallest absolute Gasteiger partial charge is 0.240 e. The third kappa shape index (κ3) is 4.38. The van der Waals surface area contributed by atoms with E-state index in [-0.39, 0.29) is 10.8 Å². The molecule has 1 aromatic rings. The molecule has 0 saturated heterocycles. The summed E-state index contributed by atoms with van der Waals surface area (Å²) in [6.07, 6.45) is 0. The third-order valence-corrected chi connectivity index (χ3v) is 4.01. The minimum atomic E-state index is -3.56. The highest BCUT2D eigenvalue weighted by atomic mass is 32.2. The Kier molecular flexibility index (Phi) is 5.59. The molecule has 19 heavy (non-hydrogen) atoms.